The van der Waals surface area contributed by atoms with Crippen molar-refractivity contribution in [3.05, 3.63) is 24.3 Å². The minimum atomic E-state index is -0.0982. The van der Waals surface area contributed by atoms with Crippen molar-refractivity contribution >= 4 is 17.6 Å². The number of ether oxygens (including phenoxy) is 1. The summed E-state index contributed by atoms with van der Waals surface area (Å²) < 4.78 is 5.14. The Morgan fingerprint density at radius 1 is 1.12 bits per heavy atom. The minimum absolute atomic E-state index is 0.0619. The molecule has 6 heteroatoms. The Balaban J connectivity index is 1.58. The van der Waals surface area contributed by atoms with Gasteiger partial charge in [0, 0.05) is 31.9 Å². The van der Waals surface area contributed by atoms with Crippen LogP contribution in [0.5, 0.6) is 5.75 Å². The van der Waals surface area contributed by atoms with Gasteiger partial charge in [0.2, 0.25) is 5.91 Å². The molecule has 1 aromatic rings. The zero-order valence-corrected chi connectivity index (χ0v) is 14.4. The fraction of sp³-hybridized carbons (Fsp3) is 0.556. The van der Waals surface area contributed by atoms with Crippen LogP contribution in [0.4, 0.5) is 10.5 Å². The summed E-state index contributed by atoms with van der Waals surface area (Å²) in [5, 5.41) is 0. The molecule has 0 spiro atoms. The van der Waals surface area contributed by atoms with Gasteiger partial charge in [0.25, 0.3) is 0 Å². The SMILES string of the molecule is COc1ccc(N2CCN(CC(=O)N3CCC(C)CC3)C2=O)cc1. The van der Waals surface area contributed by atoms with Crippen molar-refractivity contribution in [2.75, 3.05) is 44.7 Å². The van der Waals surface area contributed by atoms with Gasteiger partial charge in [-0.2, -0.15) is 0 Å². The van der Waals surface area contributed by atoms with Gasteiger partial charge >= 0.3 is 6.03 Å². The molecule has 0 atom stereocenters. The average Bonchev–Trinajstić information content (AvgIpc) is 2.96. The number of carbonyl (C=O) groups excluding carboxylic acids is 2. The second-order valence-electron chi connectivity index (χ2n) is 6.62. The summed E-state index contributed by atoms with van der Waals surface area (Å²) in [6.45, 7) is 5.21. The van der Waals surface area contributed by atoms with E-state index in [2.05, 4.69) is 6.92 Å². The zero-order chi connectivity index (χ0) is 17.1. The second kappa shape index (κ2) is 7.11. The predicted octanol–water partition coefficient (Wildman–Crippen LogP) is 2.20. The van der Waals surface area contributed by atoms with Crippen LogP contribution in [-0.4, -0.2) is 61.6 Å². The summed E-state index contributed by atoms with van der Waals surface area (Å²) in [6, 6.07) is 7.32. The molecule has 2 aliphatic rings. The van der Waals surface area contributed by atoms with E-state index in [9.17, 15) is 9.59 Å². The normalized spacial score (nSPS) is 19.1. The van der Waals surface area contributed by atoms with E-state index in [1.165, 1.54) is 0 Å². The molecule has 3 amide bonds. The van der Waals surface area contributed by atoms with Gasteiger partial charge < -0.3 is 14.5 Å². The van der Waals surface area contributed by atoms with Crippen LogP contribution in [0.15, 0.2) is 24.3 Å². The standard InChI is InChI=1S/C18H25N3O3/c1-14-7-9-19(10-8-14)17(22)13-20-11-12-21(18(20)23)15-3-5-16(24-2)6-4-15/h3-6,14H,7-13H2,1-2H3. The van der Waals surface area contributed by atoms with Gasteiger partial charge in [-0.3, -0.25) is 9.69 Å². The Hall–Kier alpha value is -2.24. The molecule has 0 N–H and O–H groups in total. The smallest absolute Gasteiger partial charge is 0.325 e. The lowest BCUT2D eigenvalue weighted by Gasteiger charge is -2.31. The minimum Gasteiger partial charge on any atom is -0.497 e. The van der Waals surface area contributed by atoms with E-state index in [0.29, 0.717) is 19.0 Å². The second-order valence-corrected chi connectivity index (χ2v) is 6.62. The highest BCUT2D eigenvalue weighted by Gasteiger charge is 2.32. The molecular weight excluding hydrogens is 306 g/mol. The number of nitrogens with zero attached hydrogens (tertiary/aromatic N) is 3. The van der Waals surface area contributed by atoms with Gasteiger partial charge in [-0.05, 0) is 43.0 Å². The number of carbonyl (C=O) groups is 2. The Morgan fingerprint density at radius 3 is 2.42 bits per heavy atom. The largest absolute Gasteiger partial charge is 0.497 e. The number of rotatable bonds is 4. The highest BCUT2D eigenvalue weighted by molar-refractivity contribution is 5.96. The molecule has 0 aromatic heterocycles. The summed E-state index contributed by atoms with van der Waals surface area (Å²) >= 11 is 0. The highest BCUT2D eigenvalue weighted by atomic mass is 16.5. The first-order chi connectivity index (χ1) is 11.6. The van der Waals surface area contributed by atoms with Crippen molar-refractivity contribution in [1.82, 2.24) is 9.80 Å². The number of methoxy groups -OCH3 is 1. The number of hydrogen-bond donors (Lipinski definition) is 0. The monoisotopic (exact) mass is 331 g/mol. The summed E-state index contributed by atoms with van der Waals surface area (Å²) in [7, 11) is 1.62. The molecule has 0 saturated carbocycles. The van der Waals surface area contributed by atoms with Crippen molar-refractivity contribution in [3.8, 4) is 5.75 Å². The molecule has 3 rings (SSSR count). The lowest BCUT2D eigenvalue weighted by Crippen LogP contribution is -2.45. The number of anilines is 1. The van der Waals surface area contributed by atoms with E-state index in [4.69, 9.17) is 4.74 Å². The molecule has 1 aromatic carbocycles. The molecule has 0 aliphatic carbocycles. The Bertz CT molecular complexity index is 594. The maximum Gasteiger partial charge on any atom is 0.325 e. The molecule has 2 fully saturated rings. The van der Waals surface area contributed by atoms with Crippen molar-refractivity contribution in [3.63, 3.8) is 0 Å². The highest BCUT2D eigenvalue weighted by Crippen LogP contribution is 2.23. The molecule has 2 heterocycles. The van der Waals surface area contributed by atoms with Crippen molar-refractivity contribution in [2.24, 2.45) is 5.92 Å². The molecule has 0 radical (unpaired) electrons. The first-order valence-electron chi connectivity index (χ1n) is 8.56. The van der Waals surface area contributed by atoms with E-state index >= 15 is 0 Å². The van der Waals surface area contributed by atoms with Crippen LogP contribution in [0, 0.1) is 5.92 Å². The average molecular weight is 331 g/mol. The third kappa shape index (κ3) is 3.47. The Morgan fingerprint density at radius 2 is 1.79 bits per heavy atom. The summed E-state index contributed by atoms with van der Waals surface area (Å²) in [5.74, 6) is 1.51. The fourth-order valence-corrected chi connectivity index (χ4v) is 3.25. The van der Waals surface area contributed by atoms with Crippen LogP contribution in [0.1, 0.15) is 19.8 Å². The van der Waals surface area contributed by atoms with E-state index in [0.717, 1.165) is 37.4 Å². The molecular formula is C18H25N3O3. The van der Waals surface area contributed by atoms with Gasteiger partial charge in [0.15, 0.2) is 0 Å². The van der Waals surface area contributed by atoms with Gasteiger partial charge in [-0.1, -0.05) is 6.92 Å². The van der Waals surface area contributed by atoms with Crippen molar-refractivity contribution < 1.29 is 14.3 Å². The molecule has 0 bridgehead atoms. The first-order valence-corrected chi connectivity index (χ1v) is 8.56. The first kappa shape index (κ1) is 16.6. The number of urea groups is 1. The number of benzene rings is 1. The third-order valence-corrected chi connectivity index (χ3v) is 4.94. The third-order valence-electron chi connectivity index (χ3n) is 4.94. The van der Waals surface area contributed by atoms with Crippen LogP contribution in [0.2, 0.25) is 0 Å². The number of hydrogen-bond acceptors (Lipinski definition) is 3. The molecule has 130 valence electrons. The fourth-order valence-electron chi connectivity index (χ4n) is 3.25. The quantitative estimate of drug-likeness (QED) is 0.850. The van der Waals surface area contributed by atoms with Crippen molar-refractivity contribution in [1.29, 1.82) is 0 Å². The van der Waals surface area contributed by atoms with E-state index in [1.807, 2.05) is 29.2 Å². The van der Waals surface area contributed by atoms with Crippen LogP contribution in [-0.2, 0) is 4.79 Å². The number of piperidine rings is 1. The molecule has 6 nitrogen and oxygen atoms in total. The summed E-state index contributed by atoms with van der Waals surface area (Å²) in [5.41, 5.74) is 0.836. The summed E-state index contributed by atoms with van der Waals surface area (Å²) in [6.07, 6.45) is 2.11. The lowest BCUT2D eigenvalue weighted by atomic mass is 9.99. The predicted molar refractivity (Wildman–Crippen MR) is 92.3 cm³/mol. The van der Waals surface area contributed by atoms with Crippen LogP contribution >= 0.6 is 0 Å². The van der Waals surface area contributed by atoms with E-state index in [-0.39, 0.29) is 18.5 Å². The number of likely N-dealkylation sites (tertiary alicyclic amines) is 1. The summed E-state index contributed by atoms with van der Waals surface area (Å²) in [4.78, 5) is 30.3. The Labute approximate surface area is 143 Å². The van der Waals surface area contributed by atoms with Crippen molar-refractivity contribution in [2.45, 2.75) is 19.8 Å². The maximum atomic E-state index is 12.6. The molecule has 24 heavy (non-hydrogen) atoms. The van der Waals surface area contributed by atoms with Gasteiger partial charge in [-0.25, -0.2) is 4.79 Å². The van der Waals surface area contributed by atoms with Crippen LogP contribution in [0.3, 0.4) is 0 Å². The van der Waals surface area contributed by atoms with E-state index in [1.54, 1.807) is 16.9 Å². The number of amides is 3. The van der Waals surface area contributed by atoms with Gasteiger partial charge in [0.1, 0.15) is 12.3 Å². The zero-order valence-electron chi connectivity index (χ0n) is 14.4. The molecule has 0 unspecified atom stereocenters. The van der Waals surface area contributed by atoms with Gasteiger partial charge in [0.05, 0.1) is 7.11 Å². The van der Waals surface area contributed by atoms with Gasteiger partial charge in [-0.15, -0.1) is 0 Å². The molecule has 2 saturated heterocycles. The van der Waals surface area contributed by atoms with E-state index < -0.39 is 0 Å². The topological polar surface area (TPSA) is 53.1 Å². The lowest BCUT2D eigenvalue weighted by molar-refractivity contribution is -0.132. The Kier molecular flexibility index (Phi) is 4.92. The maximum absolute atomic E-state index is 12.6. The van der Waals surface area contributed by atoms with Crippen LogP contribution < -0.4 is 9.64 Å². The van der Waals surface area contributed by atoms with Crippen LogP contribution in [0.25, 0.3) is 0 Å². The molecule has 2 aliphatic heterocycles.